The standard InChI is InChI=1S/C21H28N6O4/c1-13-16(19(29-2)26-21(23-13)30-3)9-18(28)24-15-5-4-7-27(11-15)20-22-10-14-12-31-8-6-17(14)25-20/h10,15H,4-9,11-12H2,1-3H3,(H,24,28)/t15-/m1/s1. The number of nitrogens with zero attached hydrogens (tertiary/aromatic N) is 5. The van der Waals surface area contributed by atoms with E-state index in [4.69, 9.17) is 19.2 Å². The lowest BCUT2D eigenvalue weighted by Crippen LogP contribution is -2.48. The molecule has 0 radical (unpaired) electrons. The molecule has 2 aliphatic rings. The zero-order chi connectivity index (χ0) is 21.8. The predicted molar refractivity (Wildman–Crippen MR) is 112 cm³/mol. The second-order valence-electron chi connectivity index (χ2n) is 7.76. The van der Waals surface area contributed by atoms with Crippen LogP contribution in [0, 0.1) is 6.92 Å². The average Bonchev–Trinajstić information content (AvgIpc) is 2.80. The zero-order valence-electron chi connectivity index (χ0n) is 18.2. The molecule has 0 saturated carbocycles. The fraction of sp³-hybridized carbons (Fsp3) is 0.571. The topological polar surface area (TPSA) is 112 Å². The largest absolute Gasteiger partial charge is 0.481 e. The summed E-state index contributed by atoms with van der Waals surface area (Å²) in [6.45, 7) is 4.64. The first-order valence-electron chi connectivity index (χ1n) is 10.5. The summed E-state index contributed by atoms with van der Waals surface area (Å²) in [4.78, 5) is 32.6. The molecule has 1 saturated heterocycles. The number of carbonyl (C=O) groups excluding carboxylic acids is 1. The molecule has 2 aromatic rings. The van der Waals surface area contributed by atoms with Crippen molar-refractivity contribution in [3.63, 3.8) is 0 Å². The molecule has 0 unspecified atom stereocenters. The molecule has 0 aromatic carbocycles. The fourth-order valence-corrected chi connectivity index (χ4v) is 4.00. The van der Waals surface area contributed by atoms with Crippen molar-refractivity contribution in [3.8, 4) is 11.9 Å². The summed E-state index contributed by atoms with van der Waals surface area (Å²) in [6.07, 6.45) is 4.69. The zero-order valence-corrected chi connectivity index (χ0v) is 18.2. The monoisotopic (exact) mass is 428 g/mol. The Morgan fingerprint density at radius 2 is 2.16 bits per heavy atom. The maximum atomic E-state index is 12.8. The van der Waals surface area contributed by atoms with Crippen LogP contribution in [-0.2, 0) is 29.0 Å². The van der Waals surface area contributed by atoms with E-state index in [1.54, 1.807) is 0 Å². The van der Waals surface area contributed by atoms with Crippen molar-refractivity contribution in [2.45, 2.75) is 45.3 Å². The third-order valence-electron chi connectivity index (χ3n) is 5.62. The van der Waals surface area contributed by atoms with Gasteiger partial charge in [-0.25, -0.2) is 15.0 Å². The van der Waals surface area contributed by atoms with E-state index in [0.717, 1.165) is 43.0 Å². The van der Waals surface area contributed by atoms with Gasteiger partial charge in [-0.15, -0.1) is 0 Å². The maximum Gasteiger partial charge on any atom is 0.319 e. The van der Waals surface area contributed by atoms with E-state index >= 15 is 0 Å². The second kappa shape index (κ2) is 9.42. The summed E-state index contributed by atoms with van der Waals surface area (Å²) in [5, 5.41) is 3.14. The summed E-state index contributed by atoms with van der Waals surface area (Å²) in [7, 11) is 3.02. The number of anilines is 1. The van der Waals surface area contributed by atoms with Gasteiger partial charge in [0.2, 0.25) is 17.7 Å². The molecular formula is C21H28N6O4. The molecule has 0 bridgehead atoms. The van der Waals surface area contributed by atoms with Gasteiger partial charge in [0.15, 0.2) is 0 Å². The van der Waals surface area contributed by atoms with E-state index in [9.17, 15) is 4.79 Å². The number of amides is 1. The lowest BCUT2D eigenvalue weighted by molar-refractivity contribution is -0.121. The van der Waals surface area contributed by atoms with Crippen LogP contribution >= 0.6 is 0 Å². The van der Waals surface area contributed by atoms with E-state index in [0.29, 0.717) is 36.9 Å². The van der Waals surface area contributed by atoms with Crippen LogP contribution in [0.5, 0.6) is 11.9 Å². The molecule has 1 N–H and O–H groups in total. The van der Waals surface area contributed by atoms with Gasteiger partial charge >= 0.3 is 6.01 Å². The molecule has 0 aliphatic carbocycles. The van der Waals surface area contributed by atoms with E-state index in [1.807, 2.05) is 13.1 Å². The Labute approximate surface area is 181 Å². The molecule has 1 atom stereocenters. The van der Waals surface area contributed by atoms with Crippen LogP contribution in [-0.4, -0.2) is 65.8 Å². The molecule has 4 rings (SSSR count). The number of aryl methyl sites for hydroxylation is 1. The fourth-order valence-electron chi connectivity index (χ4n) is 4.00. The number of aromatic nitrogens is 4. The van der Waals surface area contributed by atoms with Gasteiger partial charge in [0, 0.05) is 42.9 Å². The highest BCUT2D eigenvalue weighted by atomic mass is 16.5. The smallest absolute Gasteiger partial charge is 0.319 e. The van der Waals surface area contributed by atoms with Crippen LogP contribution in [0.4, 0.5) is 5.95 Å². The highest BCUT2D eigenvalue weighted by Gasteiger charge is 2.25. The summed E-state index contributed by atoms with van der Waals surface area (Å²) in [6, 6.07) is 0.243. The van der Waals surface area contributed by atoms with Gasteiger partial charge in [0.05, 0.1) is 45.2 Å². The minimum atomic E-state index is -0.0921. The summed E-state index contributed by atoms with van der Waals surface area (Å²) in [5.74, 6) is 0.988. The number of piperidine rings is 1. The molecule has 1 amide bonds. The first-order chi connectivity index (χ1) is 15.1. The molecule has 2 aliphatic heterocycles. The second-order valence-corrected chi connectivity index (χ2v) is 7.76. The van der Waals surface area contributed by atoms with Crippen LogP contribution in [0.3, 0.4) is 0 Å². The lowest BCUT2D eigenvalue weighted by Gasteiger charge is -2.33. The first kappa shape index (κ1) is 21.2. The van der Waals surface area contributed by atoms with E-state index in [2.05, 4.69) is 25.2 Å². The van der Waals surface area contributed by atoms with Crippen molar-refractivity contribution in [2.75, 3.05) is 38.8 Å². The van der Waals surface area contributed by atoms with Gasteiger partial charge in [-0.2, -0.15) is 4.98 Å². The number of hydrogen-bond donors (Lipinski definition) is 1. The molecule has 166 valence electrons. The molecule has 2 aromatic heterocycles. The first-order valence-corrected chi connectivity index (χ1v) is 10.5. The van der Waals surface area contributed by atoms with Crippen molar-refractivity contribution in [2.24, 2.45) is 0 Å². The molecule has 31 heavy (non-hydrogen) atoms. The Bertz CT molecular complexity index is 954. The lowest BCUT2D eigenvalue weighted by atomic mass is 10.0. The molecule has 10 heteroatoms. The highest BCUT2D eigenvalue weighted by Crippen LogP contribution is 2.23. The minimum absolute atomic E-state index is 0.0229. The van der Waals surface area contributed by atoms with Gasteiger partial charge in [-0.1, -0.05) is 0 Å². The highest BCUT2D eigenvalue weighted by molar-refractivity contribution is 5.79. The number of rotatable bonds is 6. The SMILES string of the molecule is COc1nc(C)c(CC(=O)N[C@@H]2CCCN(c3ncc4c(n3)CCOC4)C2)c(OC)n1. The Hall–Kier alpha value is -3.01. The molecule has 4 heterocycles. The summed E-state index contributed by atoms with van der Waals surface area (Å²) < 4.78 is 15.9. The molecule has 1 fully saturated rings. The Morgan fingerprint density at radius 1 is 1.29 bits per heavy atom. The summed E-state index contributed by atoms with van der Waals surface area (Å²) in [5.41, 5.74) is 3.44. The number of nitrogens with one attached hydrogen (secondary N) is 1. The number of fused-ring (bicyclic) bond motifs is 1. The van der Waals surface area contributed by atoms with Crippen molar-refractivity contribution >= 4 is 11.9 Å². The molecule has 10 nitrogen and oxygen atoms in total. The van der Waals surface area contributed by atoms with Crippen LogP contribution in [0.1, 0.15) is 35.4 Å². The van der Waals surface area contributed by atoms with Gasteiger partial charge in [0.25, 0.3) is 0 Å². The van der Waals surface area contributed by atoms with Crippen molar-refractivity contribution < 1.29 is 19.0 Å². The van der Waals surface area contributed by atoms with Crippen LogP contribution in [0.25, 0.3) is 0 Å². The maximum absolute atomic E-state index is 12.8. The quantitative estimate of drug-likeness (QED) is 0.720. The third-order valence-corrected chi connectivity index (χ3v) is 5.62. The van der Waals surface area contributed by atoms with E-state index in [-0.39, 0.29) is 24.4 Å². The normalized spacial score (nSPS) is 18.3. The van der Waals surface area contributed by atoms with Gasteiger partial charge in [-0.05, 0) is 19.8 Å². The van der Waals surface area contributed by atoms with Crippen LogP contribution in [0.15, 0.2) is 6.20 Å². The van der Waals surface area contributed by atoms with Crippen LogP contribution < -0.4 is 19.7 Å². The number of carbonyl (C=O) groups is 1. The Kier molecular flexibility index (Phi) is 6.45. The Balaban J connectivity index is 1.40. The number of methoxy groups -OCH3 is 2. The Morgan fingerprint density at radius 3 is 2.97 bits per heavy atom. The third kappa shape index (κ3) is 4.84. The number of hydrogen-bond acceptors (Lipinski definition) is 9. The molecular weight excluding hydrogens is 400 g/mol. The number of ether oxygens (including phenoxy) is 3. The van der Waals surface area contributed by atoms with E-state index < -0.39 is 0 Å². The summed E-state index contributed by atoms with van der Waals surface area (Å²) >= 11 is 0. The van der Waals surface area contributed by atoms with Crippen molar-refractivity contribution in [1.82, 2.24) is 25.3 Å². The van der Waals surface area contributed by atoms with Crippen molar-refractivity contribution in [3.05, 3.63) is 28.7 Å². The van der Waals surface area contributed by atoms with Gasteiger partial charge < -0.3 is 24.4 Å². The molecule has 0 spiro atoms. The average molecular weight is 428 g/mol. The van der Waals surface area contributed by atoms with Crippen LogP contribution in [0.2, 0.25) is 0 Å². The van der Waals surface area contributed by atoms with Gasteiger partial charge in [-0.3, -0.25) is 4.79 Å². The minimum Gasteiger partial charge on any atom is -0.481 e. The van der Waals surface area contributed by atoms with Gasteiger partial charge in [0.1, 0.15) is 0 Å². The van der Waals surface area contributed by atoms with E-state index in [1.165, 1.54) is 14.2 Å². The predicted octanol–water partition coefficient (Wildman–Crippen LogP) is 0.993. The van der Waals surface area contributed by atoms with Crippen molar-refractivity contribution in [1.29, 1.82) is 0 Å².